The summed E-state index contributed by atoms with van der Waals surface area (Å²) in [4.78, 5) is 21.3. The van der Waals surface area contributed by atoms with Gasteiger partial charge in [0.25, 0.3) is 5.91 Å². The number of carbonyl (C=O) groups is 1. The number of β-amino-alcohol motifs (C(OH)–C–C–N with tert-alkyl or cyclic N) is 1. The third-order valence-corrected chi connectivity index (χ3v) is 5.78. The van der Waals surface area contributed by atoms with Gasteiger partial charge in [0, 0.05) is 49.6 Å². The van der Waals surface area contributed by atoms with E-state index in [0.29, 0.717) is 37.5 Å². The summed E-state index contributed by atoms with van der Waals surface area (Å²) in [5.74, 6) is 1.44. The molecule has 2 aromatic rings. The zero-order chi connectivity index (χ0) is 20.7. The van der Waals surface area contributed by atoms with Gasteiger partial charge in [-0.25, -0.2) is 4.98 Å². The second-order valence-electron chi connectivity index (χ2n) is 8.34. The van der Waals surface area contributed by atoms with Gasteiger partial charge in [0.15, 0.2) is 0 Å². The van der Waals surface area contributed by atoms with Crippen LogP contribution in [0.2, 0.25) is 0 Å². The predicted octanol–water partition coefficient (Wildman–Crippen LogP) is 1.79. The quantitative estimate of drug-likeness (QED) is 0.790. The predicted molar refractivity (Wildman–Crippen MR) is 106 cm³/mol. The Morgan fingerprint density at radius 3 is 2.79 bits per heavy atom. The molecule has 0 bridgehead atoms. The number of amides is 1. The number of methoxy groups -OCH3 is 1. The number of rotatable bonds is 6. The van der Waals surface area contributed by atoms with Gasteiger partial charge in [-0.2, -0.15) is 0 Å². The number of hydrogen-bond acceptors (Lipinski definition) is 7. The molecule has 8 nitrogen and oxygen atoms in total. The van der Waals surface area contributed by atoms with E-state index in [1.807, 2.05) is 37.8 Å². The fourth-order valence-corrected chi connectivity index (χ4v) is 4.26. The molecule has 0 aliphatic carbocycles. The Bertz CT molecular complexity index is 910. The number of aromatic nitrogens is 2. The molecule has 29 heavy (non-hydrogen) atoms. The summed E-state index contributed by atoms with van der Waals surface area (Å²) in [6, 6.07) is 3.95. The molecule has 156 valence electrons. The molecule has 2 aliphatic rings. The Balaban J connectivity index is 1.49. The Kier molecular flexibility index (Phi) is 5.31. The fraction of sp³-hybridized carbons (Fsp3) is 0.571. The standard InChI is InChI=1S/C21H28N4O4/c1-12(2)25-10-18-17(21(25)27)7-15(20(22-18)28-4)9-24-8-14(19(26)11-24)6-16-5-13(3)23-29-16/h5,7,12,14,19,26H,6,8-11H2,1-4H3/t14-,19+/m1/s1. The lowest BCUT2D eigenvalue weighted by Crippen LogP contribution is -2.30. The highest BCUT2D eigenvalue weighted by atomic mass is 16.5. The minimum atomic E-state index is -0.438. The number of fused-ring (bicyclic) bond motifs is 1. The zero-order valence-electron chi connectivity index (χ0n) is 17.4. The van der Waals surface area contributed by atoms with Gasteiger partial charge in [0.1, 0.15) is 5.76 Å². The molecule has 0 unspecified atom stereocenters. The van der Waals surface area contributed by atoms with Crippen LogP contribution in [0.4, 0.5) is 0 Å². The molecular weight excluding hydrogens is 372 g/mol. The number of aliphatic hydroxyl groups excluding tert-OH is 1. The van der Waals surface area contributed by atoms with Crippen molar-refractivity contribution >= 4 is 5.91 Å². The number of pyridine rings is 1. The van der Waals surface area contributed by atoms with E-state index in [4.69, 9.17) is 9.26 Å². The van der Waals surface area contributed by atoms with Crippen LogP contribution in [-0.2, 0) is 19.5 Å². The molecule has 0 saturated carbocycles. The van der Waals surface area contributed by atoms with E-state index in [2.05, 4.69) is 15.0 Å². The number of nitrogens with zero attached hydrogens (tertiary/aromatic N) is 4. The van der Waals surface area contributed by atoms with Crippen LogP contribution in [-0.4, -0.2) is 63.3 Å². The van der Waals surface area contributed by atoms with Crippen molar-refractivity contribution in [1.82, 2.24) is 19.9 Å². The van der Waals surface area contributed by atoms with E-state index >= 15 is 0 Å². The molecular formula is C21H28N4O4. The number of likely N-dealkylation sites (tertiary alicyclic amines) is 1. The topological polar surface area (TPSA) is 91.9 Å². The number of aryl methyl sites for hydroxylation is 1. The van der Waals surface area contributed by atoms with E-state index in [1.165, 1.54) is 0 Å². The van der Waals surface area contributed by atoms with Crippen LogP contribution < -0.4 is 4.74 Å². The highest BCUT2D eigenvalue weighted by Crippen LogP contribution is 2.31. The molecule has 2 aliphatic heterocycles. The van der Waals surface area contributed by atoms with Crippen molar-refractivity contribution in [2.75, 3.05) is 20.2 Å². The SMILES string of the molecule is COc1nc2c(cc1CN1C[C@@H](Cc3cc(C)no3)[C@@H](O)C1)C(=O)N(C(C)C)C2. The minimum Gasteiger partial charge on any atom is -0.481 e. The summed E-state index contributed by atoms with van der Waals surface area (Å²) in [5.41, 5.74) is 3.14. The molecule has 1 saturated heterocycles. The molecule has 0 radical (unpaired) electrons. The summed E-state index contributed by atoms with van der Waals surface area (Å²) in [6.07, 6.45) is 0.215. The first-order valence-electron chi connectivity index (χ1n) is 10.1. The maximum Gasteiger partial charge on any atom is 0.256 e. The highest BCUT2D eigenvalue weighted by Gasteiger charge is 2.35. The van der Waals surface area contributed by atoms with Gasteiger partial charge in [-0.3, -0.25) is 9.69 Å². The fourth-order valence-electron chi connectivity index (χ4n) is 4.26. The molecule has 1 fully saturated rings. The Labute approximate surface area is 170 Å². The number of aliphatic hydroxyl groups is 1. The molecule has 2 atom stereocenters. The minimum absolute atomic E-state index is 0.0198. The second kappa shape index (κ2) is 7.76. The van der Waals surface area contributed by atoms with Crippen molar-refractivity contribution in [3.8, 4) is 5.88 Å². The lowest BCUT2D eigenvalue weighted by molar-refractivity contribution is 0.0730. The first-order chi connectivity index (χ1) is 13.9. The molecule has 4 heterocycles. The van der Waals surface area contributed by atoms with Crippen LogP contribution in [0.3, 0.4) is 0 Å². The average molecular weight is 400 g/mol. The summed E-state index contributed by atoms with van der Waals surface area (Å²) >= 11 is 0. The number of hydrogen-bond donors (Lipinski definition) is 1. The van der Waals surface area contributed by atoms with Crippen LogP contribution in [0.15, 0.2) is 16.7 Å². The van der Waals surface area contributed by atoms with E-state index in [0.717, 1.165) is 29.3 Å². The van der Waals surface area contributed by atoms with Crippen molar-refractivity contribution < 1.29 is 19.2 Å². The largest absolute Gasteiger partial charge is 0.481 e. The first kappa shape index (κ1) is 19.8. The van der Waals surface area contributed by atoms with Crippen LogP contribution in [0.5, 0.6) is 5.88 Å². The van der Waals surface area contributed by atoms with Crippen LogP contribution >= 0.6 is 0 Å². The summed E-state index contributed by atoms with van der Waals surface area (Å²) in [6.45, 7) is 8.27. The normalized spacial score (nSPS) is 22.0. The van der Waals surface area contributed by atoms with Crippen LogP contribution in [0.1, 0.15) is 46.9 Å². The van der Waals surface area contributed by atoms with Gasteiger partial charge in [0.2, 0.25) is 5.88 Å². The molecule has 2 aromatic heterocycles. The zero-order valence-corrected chi connectivity index (χ0v) is 17.4. The third kappa shape index (κ3) is 3.86. The Morgan fingerprint density at radius 2 is 2.14 bits per heavy atom. The van der Waals surface area contributed by atoms with Crippen molar-refractivity contribution in [3.63, 3.8) is 0 Å². The number of carbonyl (C=O) groups excluding carboxylic acids is 1. The van der Waals surface area contributed by atoms with E-state index < -0.39 is 6.10 Å². The van der Waals surface area contributed by atoms with Gasteiger partial charge >= 0.3 is 0 Å². The number of ether oxygens (including phenoxy) is 1. The van der Waals surface area contributed by atoms with Gasteiger partial charge < -0.3 is 19.3 Å². The molecule has 1 amide bonds. The van der Waals surface area contributed by atoms with Crippen LogP contribution in [0, 0.1) is 12.8 Å². The average Bonchev–Trinajstić information content (AvgIpc) is 3.33. The Morgan fingerprint density at radius 1 is 1.34 bits per heavy atom. The van der Waals surface area contributed by atoms with Crippen molar-refractivity contribution in [1.29, 1.82) is 0 Å². The van der Waals surface area contributed by atoms with Crippen molar-refractivity contribution in [3.05, 3.63) is 40.4 Å². The molecule has 0 aromatic carbocycles. The lowest BCUT2D eigenvalue weighted by atomic mass is 10.0. The lowest BCUT2D eigenvalue weighted by Gasteiger charge is -2.19. The molecule has 0 spiro atoms. The summed E-state index contributed by atoms with van der Waals surface area (Å²) in [5, 5.41) is 14.4. The molecule has 8 heteroatoms. The third-order valence-electron chi connectivity index (χ3n) is 5.78. The van der Waals surface area contributed by atoms with Crippen molar-refractivity contribution in [2.24, 2.45) is 5.92 Å². The summed E-state index contributed by atoms with van der Waals surface area (Å²) < 4.78 is 10.8. The maximum absolute atomic E-state index is 12.7. The summed E-state index contributed by atoms with van der Waals surface area (Å²) in [7, 11) is 1.60. The highest BCUT2D eigenvalue weighted by molar-refractivity contribution is 5.98. The monoisotopic (exact) mass is 400 g/mol. The molecule has 4 rings (SSSR count). The van der Waals surface area contributed by atoms with Gasteiger partial charge in [-0.1, -0.05) is 5.16 Å². The maximum atomic E-state index is 12.7. The molecule has 1 N–H and O–H groups in total. The van der Waals surface area contributed by atoms with E-state index in [9.17, 15) is 9.90 Å². The van der Waals surface area contributed by atoms with Crippen LogP contribution in [0.25, 0.3) is 0 Å². The van der Waals surface area contributed by atoms with E-state index in [1.54, 1.807) is 7.11 Å². The Hall–Kier alpha value is -2.45. The van der Waals surface area contributed by atoms with Gasteiger partial charge in [-0.05, 0) is 26.8 Å². The van der Waals surface area contributed by atoms with Gasteiger partial charge in [0.05, 0.1) is 36.7 Å². The second-order valence-corrected chi connectivity index (χ2v) is 8.34. The smallest absolute Gasteiger partial charge is 0.256 e. The van der Waals surface area contributed by atoms with E-state index in [-0.39, 0.29) is 17.9 Å². The van der Waals surface area contributed by atoms with Crippen molar-refractivity contribution in [2.45, 2.75) is 52.4 Å². The van der Waals surface area contributed by atoms with Gasteiger partial charge in [-0.15, -0.1) is 0 Å². The first-order valence-corrected chi connectivity index (χ1v) is 10.1.